The number of methoxy groups -OCH3 is 1. The molecule has 1 heterocycles. The Bertz CT molecular complexity index is 938. The molecule has 146 valence electrons. The van der Waals surface area contributed by atoms with Gasteiger partial charge in [0.2, 0.25) is 17.6 Å². The Labute approximate surface area is 162 Å². The maximum Gasteiger partial charge on any atom is 0.227 e. The van der Waals surface area contributed by atoms with Crippen LogP contribution in [0.15, 0.2) is 47.0 Å². The zero-order valence-corrected chi connectivity index (χ0v) is 15.8. The summed E-state index contributed by atoms with van der Waals surface area (Å²) in [5.74, 6) is 2.04. The van der Waals surface area contributed by atoms with E-state index in [9.17, 15) is 4.79 Å². The number of nitrogens with one attached hydrogen (secondary N) is 1. The van der Waals surface area contributed by atoms with Gasteiger partial charge in [0.05, 0.1) is 19.4 Å². The molecule has 0 radical (unpaired) electrons. The molecule has 3 aromatic rings. The molecule has 0 unspecified atom stereocenters. The van der Waals surface area contributed by atoms with Crippen LogP contribution in [0, 0.1) is 0 Å². The highest BCUT2D eigenvalue weighted by atomic mass is 16.5. The van der Waals surface area contributed by atoms with Crippen molar-refractivity contribution in [1.82, 2.24) is 10.1 Å². The highest BCUT2D eigenvalue weighted by molar-refractivity contribution is 5.91. The molecule has 0 aliphatic carbocycles. The van der Waals surface area contributed by atoms with E-state index in [0.717, 1.165) is 11.3 Å². The number of aromatic nitrogens is 2. The lowest BCUT2D eigenvalue weighted by Crippen LogP contribution is -2.12. The van der Waals surface area contributed by atoms with Gasteiger partial charge in [0, 0.05) is 24.1 Å². The van der Waals surface area contributed by atoms with E-state index in [1.807, 2.05) is 31.2 Å². The number of nitrogens with two attached hydrogens (primary N) is 1. The molecule has 8 nitrogen and oxygen atoms in total. The summed E-state index contributed by atoms with van der Waals surface area (Å²) < 4.78 is 15.7. The van der Waals surface area contributed by atoms with Gasteiger partial charge in [0.15, 0.2) is 0 Å². The van der Waals surface area contributed by atoms with Gasteiger partial charge in [-0.15, -0.1) is 0 Å². The van der Waals surface area contributed by atoms with Crippen LogP contribution in [0.1, 0.15) is 19.2 Å². The second kappa shape index (κ2) is 8.90. The molecule has 0 saturated heterocycles. The molecule has 0 saturated carbocycles. The fourth-order valence-electron chi connectivity index (χ4n) is 2.60. The van der Waals surface area contributed by atoms with Crippen LogP contribution in [-0.4, -0.2) is 29.8 Å². The smallest absolute Gasteiger partial charge is 0.227 e. The number of aryl methyl sites for hydroxylation is 1. The van der Waals surface area contributed by atoms with Gasteiger partial charge >= 0.3 is 0 Å². The number of hydrogen-bond donors (Lipinski definition) is 2. The van der Waals surface area contributed by atoms with Gasteiger partial charge in [-0.1, -0.05) is 5.16 Å². The van der Waals surface area contributed by atoms with Crippen LogP contribution in [-0.2, 0) is 11.2 Å². The number of ether oxygens (including phenoxy) is 2. The monoisotopic (exact) mass is 382 g/mol. The zero-order chi connectivity index (χ0) is 19.9. The molecule has 3 rings (SSSR count). The Hall–Kier alpha value is -3.55. The van der Waals surface area contributed by atoms with E-state index in [0.29, 0.717) is 41.9 Å². The summed E-state index contributed by atoms with van der Waals surface area (Å²) >= 11 is 0. The zero-order valence-electron chi connectivity index (χ0n) is 15.8. The van der Waals surface area contributed by atoms with Crippen LogP contribution in [0.2, 0.25) is 0 Å². The first kappa shape index (κ1) is 19.2. The molecule has 8 heteroatoms. The Kier molecular flexibility index (Phi) is 6.11. The molecule has 0 atom stereocenters. The summed E-state index contributed by atoms with van der Waals surface area (Å²) in [6, 6.07) is 12.5. The van der Waals surface area contributed by atoms with Crippen LogP contribution < -0.4 is 20.5 Å². The van der Waals surface area contributed by atoms with Gasteiger partial charge in [-0.2, -0.15) is 4.98 Å². The van der Waals surface area contributed by atoms with E-state index in [-0.39, 0.29) is 12.3 Å². The molecule has 0 aliphatic heterocycles. The number of anilines is 2. The summed E-state index contributed by atoms with van der Waals surface area (Å²) in [5, 5.41) is 6.75. The summed E-state index contributed by atoms with van der Waals surface area (Å²) in [6.45, 7) is 2.54. The maximum atomic E-state index is 12.1. The number of nitrogen functional groups attached to an aromatic ring is 1. The van der Waals surface area contributed by atoms with Crippen molar-refractivity contribution in [3.63, 3.8) is 0 Å². The summed E-state index contributed by atoms with van der Waals surface area (Å²) in [5.41, 5.74) is 7.71. The largest absolute Gasteiger partial charge is 0.495 e. The fraction of sp³-hybridized carbons (Fsp3) is 0.250. The van der Waals surface area contributed by atoms with Crippen molar-refractivity contribution in [2.75, 3.05) is 24.8 Å². The highest BCUT2D eigenvalue weighted by Crippen LogP contribution is 2.25. The quantitative estimate of drug-likeness (QED) is 0.575. The summed E-state index contributed by atoms with van der Waals surface area (Å²) in [4.78, 5) is 16.5. The number of carbonyl (C=O) groups is 1. The van der Waals surface area contributed by atoms with Crippen molar-refractivity contribution in [3.8, 4) is 22.9 Å². The molecule has 3 N–H and O–H groups in total. The second-order valence-electron chi connectivity index (χ2n) is 5.97. The number of rotatable bonds is 8. The number of benzene rings is 2. The van der Waals surface area contributed by atoms with Crippen molar-refractivity contribution in [3.05, 3.63) is 48.4 Å². The van der Waals surface area contributed by atoms with Gasteiger partial charge in [0.1, 0.15) is 11.5 Å². The lowest BCUT2D eigenvalue weighted by molar-refractivity contribution is -0.116. The molecular formula is C20H22N4O4. The van der Waals surface area contributed by atoms with Crippen molar-refractivity contribution in [2.45, 2.75) is 19.8 Å². The van der Waals surface area contributed by atoms with Crippen LogP contribution in [0.4, 0.5) is 11.4 Å². The van der Waals surface area contributed by atoms with E-state index in [1.54, 1.807) is 18.2 Å². The van der Waals surface area contributed by atoms with Gasteiger partial charge in [-0.3, -0.25) is 4.79 Å². The maximum absolute atomic E-state index is 12.1. The lowest BCUT2D eigenvalue weighted by atomic mass is 10.2. The van der Waals surface area contributed by atoms with Gasteiger partial charge in [-0.25, -0.2) is 0 Å². The topological polar surface area (TPSA) is 112 Å². The molecule has 1 aromatic heterocycles. The van der Waals surface area contributed by atoms with E-state index in [4.69, 9.17) is 19.7 Å². The summed E-state index contributed by atoms with van der Waals surface area (Å²) in [7, 11) is 1.54. The highest BCUT2D eigenvalue weighted by Gasteiger charge is 2.11. The van der Waals surface area contributed by atoms with Crippen LogP contribution in [0.3, 0.4) is 0 Å². The normalized spacial score (nSPS) is 10.5. The summed E-state index contributed by atoms with van der Waals surface area (Å²) in [6.07, 6.45) is 0.540. The average molecular weight is 382 g/mol. The first-order valence-corrected chi connectivity index (χ1v) is 8.88. The van der Waals surface area contributed by atoms with Gasteiger partial charge in [0.25, 0.3) is 0 Å². The number of nitrogens with zero attached hydrogens (tertiary/aromatic N) is 2. The van der Waals surface area contributed by atoms with E-state index >= 15 is 0 Å². The molecule has 0 aliphatic rings. The van der Waals surface area contributed by atoms with Crippen molar-refractivity contribution < 1.29 is 18.8 Å². The fourth-order valence-corrected chi connectivity index (χ4v) is 2.60. The van der Waals surface area contributed by atoms with Gasteiger partial charge in [-0.05, 0) is 49.4 Å². The Morgan fingerprint density at radius 1 is 1.21 bits per heavy atom. The molecule has 0 bridgehead atoms. The third kappa shape index (κ3) is 4.79. The third-order valence-electron chi connectivity index (χ3n) is 3.97. The number of hydrogen-bond acceptors (Lipinski definition) is 7. The number of carbonyl (C=O) groups excluding carboxylic acids is 1. The predicted molar refractivity (Wildman–Crippen MR) is 105 cm³/mol. The average Bonchev–Trinajstić information content (AvgIpc) is 3.16. The van der Waals surface area contributed by atoms with Crippen molar-refractivity contribution in [1.29, 1.82) is 0 Å². The first-order valence-electron chi connectivity index (χ1n) is 8.88. The van der Waals surface area contributed by atoms with E-state index in [2.05, 4.69) is 15.5 Å². The third-order valence-corrected chi connectivity index (χ3v) is 3.97. The Balaban J connectivity index is 1.55. The Morgan fingerprint density at radius 2 is 2.00 bits per heavy atom. The van der Waals surface area contributed by atoms with E-state index < -0.39 is 0 Å². The Morgan fingerprint density at radius 3 is 2.68 bits per heavy atom. The lowest BCUT2D eigenvalue weighted by Gasteiger charge is -2.08. The van der Waals surface area contributed by atoms with E-state index in [1.165, 1.54) is 7.11 Å². The van der Waals surface area contributed by atoms with Crippen LogP contribution >= 0.6 is 0 Å². The molecule has 28 heavy (non-hydrogen) atoms. The van der Waals surface area contributed by atoms with Crippen molar-refractivity contribution >= 4 is 17.3 Å². The molecule has 1 amide bonds. The standard InChI is InChI=1S/C20H22N4O4/c1-3-27-15-7-4-13(5-8-15)20-23-19(28-24-20)11-10-18(25)22-14-6-9-17(26-2)16(21)12-14/h4-9,12H,3,10-11,21H2,1-2H3,(H,22,25). The minimum Gasteiger partial charge on any atom is -0.495 e. The molecule has 0 spiro atoms. The minimum absolute atomic E-state index is 0.176. The number of amides is 1. The molecule has 2 aromatic carbocycles. The molecular weight excluding hydrogens is 360 g/mol. The predicted octanol–water partition coefficient (Wildman–Crippen LogP) is 3.30. The minimum atomic E-state index is -0.176. The van der Waals surface area contributed by atoms with Crippen molar-refractivity contribution in [2.24, 2.45) is 0 Å². The van der Waals surface area contributed by atoms with Crippen LogP contribution in [0.5, 0.6) is 11.5 Å². The SMILES string of the molecule is CCOc1ccc(-c2noc(CCC(=O)Nc3ccc(OC)c(N)c3)n2)cc1. The first-order chi connectivity index (χ1) is 13.6. The second-order valence-corrected chi connectivity index (χ2v) is 5.97. The molecule has 0 fully saturated rings. The van der Waals surface area contributed by atoms with Gasteiger partial charge < -0.3 is 25.0 Å². The van der Waals surface area contributed by atoms with Crippen LogP contribution in [0.25, 0.3) is 11.4 Å².